The molecule has 22 heavy (non-hydrogen) atoms. The first-order valence-corrected chi connectivity index (χ1v) is 8.28. The molecule has 4 heteroatoms. The van der Waals surface area contributed by atoms with Crippen molar-refractivity contribution in [3.05, 3.63) is 64.1 Å². The largest absolute Gasteiger partial charge is 0.492 e. The summed E-state index contributed by atoms with van der Waals surface area (Å²) in [4.78, 5) is 0. The van der Waals surface area contributed by atoms with Crippen LogP contribution in [0.1, 0.15) is 24.0 Å². The third-order valence-electron chi connectivity index (χ3n) is 3.86. The highest BCUT2D eigenvalue weighted by Gasteiger charge is 2.14. The van der Waals surface area contributed by atoms with E-state index in [0.29, 0.717) is 6.04 Å². The maximum Gasteiger partial charge on any atom is 0.119 e. The second-order valence-electron chi connectivity index (χ2n) is 5.55. The molecule has 2 aromatic carbocycles. The zero-order valence-electron chi connectivity index (χ0n) is 12.4. The molecule has 1 heterocycles. The number of benzene rings is 2. The fourth-order valence-corrected chi connectivity index (χ4v) is 2.90. The molecule has 0 aliphatic carbocycles. The molecule has 0 saturated carbocycles. The van der Waals surface area contributed by atoms with Crippen LogP contribution >= 0.6 is 28.3 Å². The van der Waals surface area contributed by atoms with E-state index in [-0.39, 0.29) is 12.4 Å². The van der Waals surface area contributed by atoms with Gasteiger partial charge in [-0.3, -0.25) is 0 Å². The predicted octanol–water partition coefficient (Wildman–Crippen LogP) is 4.59. The molecular formula is C18H21BrClNO. The molecule has 3 rings (SSSR count). The molecule has 1 N–H and O–H groups in total. The van der Waals surface area contributed by atoms with Gasteiger partial charge in [-0.25, -0.2) is 0 Å². The smallest absolute Gasteiger partial charge is 0.119 e. The summed E-state index contributed by atoms with van der Waals surface area (Å²) >= 11 is 3.46. The fraction of sp³-hybridized carbons (Fsp3) is 0.333. The molecule has 1 fully saturated rings. The minimum Gasteiger partial charge on any atom is -0.492 e. The first-order chi connectivity index (χ1) is 10.3. The van der Waals surface area contributed by atoms with Gasteiger partial charge in [-0.1, -0.05) is 40.2 Å². The zero-order valence-corrected chi connectivity index (χ0v) is 14.8. The van der Waals surface area contributed by atoms with Gasteiger partial charge in [-0.05, 0) is 61.2 Å². The molecule has 1 saturated heterocycles. The van der Waals surface area contributed by atoms with Gasteiger partial charge in [0.1, 0.15) is 12.4 Å². The minimum absolute atomic E-state index is 0. The topological polar surface area (TPSA) is 21.3 Å². The molecule has 118 valence electrons. The van der Waals surface area contributed by atoms with E-state index in [1.165, 1.54) is 24.0 Å². The van der Waals surface area contributed by atoms with Crippen LogP contribution in [0.3, 0.4) is 0 Å². The van der Waals surface area contributed by atoms with E-state index < -0.39 is 0 Å². The Bertz CT molecular complexity index is 565. The van der Waals surface area contributed by atoms with Gasteiger partial charge in [0.15, 0.2) is 0 Å². The lowest BCUT2D eigenvalue weighted by molar-refractivity contribution is 0.277. The van der Waals surface area contributed by atoms with Gasteiger partial charge in [0.05, 0.1) is 0 Å². The van der Waals surface area contributed by atoms with Crippen LogP contribution in [0.5, 0.6) is 5.75 Å². The Hall–Kier alpha value is -1.03. The molecule has 0 bridgehead atoms. The number of hydrogen-bond acceptors (Lipinski definition) is 2. The van der Waals surface area contributed by atoms with Gasteiger partial charge in [0.25, 0.3) is 0 Å². The summed E-state index contributed by atoms with van der Waals surface area (Å²) in [5.74, 6) is 0.961. The van der Waals surface area contributed by atoms with Crippen molar-refractivity contribution < 1.29 is 4.74 Å². The molecule has 0 amide bonds. The Morgan fingerprint density at radius 3 is 2.23 bits per heavy atom. The highest BCUT2D eigenvalue weighted by atomic mass is 79.9. The molecular weight excluding hydrogens is 362 g/mol. The van der Waals surface area contributed by atoms with Crippen molar-refractivity contribution in [3.63, 3.8) is 0 Å². The Morgan fingerprint density at radius 1 is 1.00 bits per heavy atom. The lowest BCUT2D eigenvalue weighted by Crippen LogP contribution is -2.28. The molecule has 0 aromatic heterocycles. The summed E-state index contributed by atoms with van der Waals surface area (Å²) in [5.41, 5.74) is 2.63. The normalized spacial score (nSPS) is 17.0. The van der Waals surface area contributed by atoms with Gasteiger partial charge in [0.2, 0.25) is 0 Å². The van der Waals surface area contributed by atoms with Crippen molar-refractivity contribution in [1.29, 1.82) is 0 Å². The van der Waals surface area contributed by atoms with Crippen molar-refractivity contribution in [2.24, 2.45) is 0 Å². The summed E-state index contributed by atoms with van der Waals surface area (Å²) in [6, 6.07) is 17.4. The van der Waals surface area contributed by atoms with Crippen molar-refractivity contribution in [3.8, 4) is 5.75 Å². The summed E-state index contributed by atoms with van der Waals surface area (Å²) in [6.07, 6.45) is 3.44. The van der Waals surface area contributed by atoms with Crippen molar-refractivity contribution in [2.75, 3.05) is 13.2 Å². The third kappa shape index (κ3) is 5.01. The van der Waals surface area contributed by atoms with Crippen molar-refractivity contribution in [2.45, 2.75) is 25.3 Å². The van der Waals surface area contributed by atoms with Gasteiger partial charge < -0.3 is 10.1 Å². The molecule has 2 aromatic rings. The molecule has 0 spiro atoms. The van der Waals surface area contributed by atoms with Crippen LogP contribution in [-0.4, -0.2) is 19.2 Å². The van der Waals surface area contributed by atoms with Crippen LogP contribution in [0, 0.1) is 0 Å². The van der Waals surface area contributed by atoms with Crippen LogP contribution in [0.2, 0.25) is 0 Å². The maximum atomic E-state index is 5.84. The average molecular weight is 383 g/mol. The van der Waals surface area contributed by atoms with E-state index in [0.717, 1.165) is 29.8 Å². The van der Waals surface area contributed by atoms with Crippen LogP contribution in [0.25, 0.3) is 0 Å². The van der Waals surface area contributed by atoms with E-state index in [9.17, 15) is 0 Å². The Balaban J connectivity index is 0.00000176. The van der Waals surface area contributed by atoms with E-state index in [1.54, 1.807) is 0 Å². The lowest BCUT2D eigenvalue weighted by atomic mass is 10.1. The molecule has 1 aliphatic heterocycles. The Labute approximate surface area is 146 Å². The molecule has 2 nitrogen and oxygen atoms in total. The quantitative estimate of drug-likeness (QED) is 0.816. The van der Waals surface area contributed by atoms with Crippen LogP contribution in [0.4, 0.5) is 0 Å². The molecule has 1 unspecified atom stereocenters. The summed E-state index contributed by atoms with van der Waals surface area (Å²) in [7, 11) is 0. The van der Waals surface area contributed by atoms with E-state index >= 15 is 0 Å². The molecule has 1 atom stereocenters. The highest BCUT2D eigenvalue weighted by Crippen LogP contribution is 2.18. The van der Waals surface area contributed by atoms with E-state index in [4.69, 9.17) is 4.74 Å². The molecule has 1 aliphatic rings. The summed E-state index contributed by atoms with van der Waals surface area (Å²) in [6.45, 7) is 1.90. The van der Waals surface area contributed by atoms with Crippen molar-refractivity contribution >= 4 is 28.3 Å². The zero-order chi connectivity index (χ0) is 14.5. The van der Waals surface area contributed by atoms with Crippen molar-refractivity contribution in [1.82, 2.24) is 5.32 Å². The monoisotopic (exact) mass is 381 g/mol. The van der Waals surface area contributed by atoms with Gasteiger partial charge in [0, 0.05) is 10.5 Å². The number of rotatable bonds is 5. The SMILES string of the molecule is Brc1ccc(Cc2ccc(OCC3CCCN3)cc2)cc1.Cl. The number of ether oxygens (including phenoxy) is 1. The minimum atomic E-state index is 0. The van der Waals surface area contributed by atoms with Gasteiger partial charge in [-0.2, -0.15) is 0 Å². The first-order valence-electron chi connectivity index (χ1n) is 7.49. The first kappa shape index (κ1) is 17.3. The second kappa shape index (κ2) is 8.56. The third-order valence-corrected chi connectivity index (χ3v) is 4.39. The summed E-state index contributed by atoms with van der Waals surface area (Å²) in [5, 5.41) is 3.45. The number of halogens is 2. The van der Waals surface area contributed by atoms with Crippen LogP contribution in [0.15, 0.2) is 53.0 Å². The maximum absolute atomic E-state index is 5.84. The standard InChI is InChI=1S/C18H20BrNO.ClH/c19-16-7-3-14(4-8-16)12-15-5-9-18(10-6-15)21-13-17-2-1-11-20-17;/h3-10,17,20H,1-2,11-13H2;1H. The fourth-order valence-electron chi connectivity index (χ4n) is 2.64. The van der Waals surface area contributed by atoms with Crippen LogP contribution in [-0.2, 0) is 6.42 Å². The molecule has 0 radical (unpaired) electrons. The highest BCUT2D eigenvalue weighted by molar-refractivity contribution is 9.10. The summed E-state index contributed by atoms with van der Waals surface area (Å²) < 4.78 is 6.96. The second-order valence-corrected chi connectivity index (χ2v) is 6.47. The Kier molecular flexibility index (Phi) is 6.74. The van der Waals surface area contributed by atoms with E-state index in [2.05, 4.69) is 69.8 Å². The number of hydrogen-bond donors (Lipinski definition) is 1. The lowest BCUT2D eigenvalue weighted by Gasteiger charge is -2.12. The van der Waals surface area contributed by atoms with Crippen LogP contribution < -0.4 is 10.1 Å². The van der Waals surface area contributed by atoms with E-state index in [1.807, 2.05) is 0 Å². The predicted molar refractivity (Wildman–Crippen MR) is 97.2 cm³/mol. The van der Waals surface area contributed by atoms with Gasteiger partial charge in [-0.15, -0.1) is 12.4 Å². The Morgan fingerprint density at radius 2 is 1.64 bits per heavy atom. The number of nitrogens with one attached hydrogen (secondary N) is 1. The average Bonchev–Trinajstić information content (AvgIpc) is 3.02. The van der Waals surface area contributed by atoms with Gasteiger partial charge >= 0.3 is 0 Å².